The van der Waals surface area contributed by atoms with Crippen LogP contribution in [-0.2, 0) is 0 Å². The fourth-order valence-corrected chi connectivity index (χ4v) is 2.72. The maximum absolute atomic E-state index is 10.7. The van der Waals surface area contributed by atoms with E-state index in [1.807, 2.05) is 0 Å². The minimum absolute atomic E-state index is 0.261. The van der Waals surface area contributed by atoms with Gasteiger partial charge in [0.2, 0.25) is 0 Å². The SMILES string of the molecule is CN(C(=O)O)C1CCC(CI)CC1. The number of carboxylic acid groups (broad SMARTS) is 1. The van der Waals surface area contributed by atoms with Gasteiger partial charge in [-0.25, -0.2) is 4.79 Å². The smallest absolute Gasteiger partial charge is 0.407 e. The second-order valence-corrected chi connectivity index (χ2v) is 4.60. The molecule has 1 N–H and O–H groups in total. The zero-order chi connectivity index (χ0) is 9.84. The summed E-state index contributed by atoms with van der Waals surface area (Å²) in [5.41, 5.74) is 0. The lowest BCUT2D eigenvalue weighted by atomic mass is 9.87. The molecule has 0 aromatic carbocycles. The number of alkyl halides is 1. The molecule has 76 valence electrons. The summed E-state index contributed by atoms with van der Waals surface area (Å²) in [6.45, 7) is 0. The predicted octanol–water partition coefficient (Wildman–Crippen LogP) is 2.59. The molecule has 1 saturated carbocycles. The van der Waals surface area contributed by atoms with Crippen molar-refractivity contribution in [3.05, 3.63) is 0 Å². The molecule has 4 heteroatoms. The number of halogens is 1. The third kappa shape index (κ3) is 3.00. The second kappa shape index (κ2) is 5.02. The number of hydrogen-bond donors (Lipinski definition) is 1. The molecule has 0 aliphatic heterocycles. The Balaban J connectivity index is 2.36. The van der Waals surface area contributed by atoms with E-state index in [2.05, 4.69) is 22.6 Å². The van der Waals surface area contributed by atoms with Crippen LogP contribution in [0.1, 0.15) is 25.7 Å². The molecule has 0 radical (unpaired) electrons. The van der Waals surface area contributed by atoms with E-state index in [1.54, 1.807) is 7.05 Å². The van der Waals surface area contributed by atoms with Crippen molar-refractivity contribution in [1.82, 2.24) is 4.90 Å². The fourth-order valence-electron chi connectivity index (χ4n) is 1.84. The van der Waals surface area contributed by atoms with E-state index in [1.165, 1.54) is 22.2 Å². The molecule has 0 spiro atoms. The van der Waals surface area contributed by atoms with Crippen molar-refractivity contribution in [3.8, 4) is 0 Å². The molecule has 0 unspecified atom stereocenters. The Morgan fingerprint density at radius 3 is 2.38 bits per heavy atom. The third-order valence-electron chi connectivity index (χ3n) is 2.88. The summed E-state index contributed by atoms with van der Waals surface area (Å²) in [6, 6.07) is 0.261. The molecule has 3 nitrogen and oxygen atoms in total. The highest BCUT2D eigenvalue weighted by Crippen LogP contribution is 2.28. The highest BCUT2D eigenvalue weighted by molar-refractivity contribution is 14.1. The number of amides is 1. The van der Waals surface area contributed by atoms with Crippen molar-refractivity contribution in [2.45, 2.75) is 31.7 Å². The van der Waals surface area contributed by atoms with Crippen molar-refractivity contribution in [2.24, 2.45) is 5.92 Å². The summed E-state index contributed by atoms with van der Waals surface area (Å²) in [4.78, 5) is 12.1. The van der Waals surface area contributed by atoms with Crippen LogP contribution in [0.3, 0.4) is 0 Å². The van der Waals surface area contributed by atoms with E-state index in [0.717, 1.165) is 18.8 Å². The zero-order valence-electron chi connectivity index (χ0n) is 7.87. The van der Waals surface area contributed by atoms with Crippen LogP contribution in [0.15, 0.2) is 0 Å². The summed E-state index contributed by atoms with van der Waals surface area (Å²) in [6.07, 6.45) is 3.65. The van der Waals surface area contributed by atoms with Gasteiger partial charge in [0.15, 0.2) is 0 Å². The minimum atomic E-state index is -0.794. The Bertz CT molecular complexity index is 178. The highest BCUT2D eigenvalue weighted by atomic mass is 127. The summed E-state index contributed by atoms with van der Waals surface area (Å²) in [5, 5.41) is 8.78. The fraction of sp³-hybridized carbons (Fsp3) is 0.889. The van der Waals surface area contributed by atoms with Crippen molar-refractivity contribution < 1.29 is 9.90 Å². The summed E-state index contributed by atoms with van der Waals surface area (Å²) in [5.74, 6) is 0.819. The maximum Gasteiger partial charge on any atom is 0.407 e. The zero-order valence-corrected chi connectivity index (χ0v) is 10.0. The van der Waals surface area contributed by atoms with Gasteiger partial charge in [-0.1, -0.05) is 22.6 Å². The van der Waals surface area contributed by atoms with Gasteiger partial charge in [-0.05, 0) is 31.6 Å². The molecule has 0 heterocycles. The topological polar surface area (TPSA) is 40.5 Å². The number of hydrogen-bond acceptors (Lipinski definition) is 1. The molecular weight excluding hydrogens is 281 g/mol. The first kappa shape index (κ1) is 11.1. The lowest BCUT2D eigenvalue weighted by molar-refractivity contribution is 0.121. The van der Waals surface area contributed by atoms with Crippen LogP contribution in [-0.4, -0.2) is 33.6 Å². The lowest BCUT2D eigenvalue weighted by Gasteiger charge is -2.32. The van der Waals surface area contributed by atoms with Crippen LogP contribution in [0.5, 0.6) is 0 Å². The maximum atomic E-state index is 10.7. The Kier molecular flexibility index (Phi) is 4.28. The van der Waals surface area contributed by atoms with Crippen LogP contribution < -0.4 is 0 Å². The monoisotopic (exact) mass is 297 g/mol. The van der Waals surface area contributed by atoms with E-state index in [-0.39, 0.29) is 6.04 Å². The van der Waals surface area contributed by atoms with Crippen molar-refractivity contribution >= 4 is 28.7 Å². The number of nitrogens with zero attached hydrogens (tertiary/aromatic N) is 1. The molecule has 0 atom stereocenters. The average Bonchev–Trinajstić information content (AvgIpc) is 2.17. The van der Waals surface area contributed by atoms with E-state index in [9.17, 15) is 4.79 Å². The van der Waals surface area contributed by atoms with E-state index in [4.69, 9.17) is 5.11 Å². The second-order valence-electron chi connectivity index (χ2n) is 3.72. The summed E-state index contributed by atoms with van der Waals surface area (Å²) in [7, 11) is 1.68. The van der Waals surface area contributed by atoms with Gasteiger partial charge in [0.25, 0.3) is 0 Å². The first-order valence-corrected chi connectivity index (χ1v) is 6.19. The molecule has 13 heavy (non-hydrogen) atoms. The quantitative estimate of drug-likeness (QED) is 0.628. The molecule has 1 amide bonds. The molecule has 1 aliphatic rings. The minimum Gasteiger partial charge on any atom is -0.465 e. The Hall–Kier alpha value is 0. The largest absolute Gasteiger partial charge is 0.465 e. The molecule has 1 aliphatic carbocycles. The van der Waals surface area contributed by atoms with Crippen LogP contribution in [0.2, 0.25) is 0 Å². The van der Waals surface area contributed by atoms with E-state index >= 15 is 0 Å². The van der Waals surface area contributed by atoms with Crippen LogP contribution in [0, 0.1) is 5.92 Å². The first-order chi connectivity index (χ1) is 6.15. The molecular formula is C9H16INO2. The Morgan fingerprint density at radius 2 is 2.00 bits per heavy atom. The predicted molar refractivity (Wildman–Crippen MR) is 60.4 cm³/mol. The van der Waals surface area contributed by atoms with Crippen LogP contribution in [0.25, 0.3) is 0 Å². The molecule has 0 aromatic heterocycles. The highest BCUT2D eigenvalue weighted by Gasteiger charge is 2.25. The summed E-state index contributed by atoms with van der Waals surface area (Å²) >= 11 is 2.41. The Labute approximate surface area is 92.6 Å². The van der Waals surface area contributed by atoms with Gasteiger partial charge in [-0.15, -0.1) is 0 Å². The Morgan fingerprint density at radius 1 is 1.46 bits per heavy atom. The van der Waals surface area contributed by atoms with Gasteiger partial charge in [-0.2, -0.15) is 0 Å². The van der Waals surface area contributed by atoms with Crippen molar-refractivity contribution in [2.75, 3.05) is 11.5 Å². The molecule has 1 fully saturated rings. The molecule has 0 aromatic rings. The van der Waals surface area contributed by atoms with E-state index in [0.29, 0.717) is 0 Å². The standard InChI is InChI=1S/C9H16INO2/c1-11(9(12)13)8-4-2-7(6-10)3-5-8/h7-8H,2-6H2,1H3,(H,12,13). The van der Waals surface area contributed by atoms with Gasteiger partial charge in [0.05, 0.1) is 0 Å². The third-order valence-corrected chi connectivity index (χ3v) is 4.13. The van der Waals surface area contributed by atoms with Gasteiger partial charge >= 0.3 is 6.09 Å². The molecule has 0 saturated heterocycles. The number of rotatable bonds is 2. The van der Waals surface area contributed by atoms with Crippen molar-refractivity contribution in [3.63, 3.8) is 0 Å². The molecule has 1 rings (SSSR count). The van der Waals surface area contributed by atoms with Gasteiger partial charge < -0.3 is 10.0 Å². The average molecular weight is 297 g/mol. The summed E-state index contributed by atoms with van der Waals surface area (Å²) < 4.78 is 1.21. The van der Waals surface area contributed by atoms with Crippen LogP contribution in [0.4, 0.5) is 4.79 Å². The molecule has 0 bridgehead atoms. The van der Waals surface area contributed by atoms with E-state index < -0.39 is 6.09 Å². The van der Waals surface area contributed by atoms with Gasteiger partial charge in [-0.3, -0.25) is 0 Å². The van der Waals surface area contributed by atoms with Gasteiger partial charge in [0.1, 0.15) is 0 Å². The number of carbonyl (C=O) groups is 1. The van der Waals surface area contributed by atoms with Crippen LogP contribution >= 0.6 is 22.6 Å². The normalized spacial score (nSPS) is 28.5. The lowest BCUT2D eigenvalue weighted by Crippen LogP contribution is -2.38. The van der Waals surface area contributed by atoms with Gasteiger partial charge in [0, 0.05) is 17.5 Å². The van der Waals surface area contributed by atoms with Crippen molar-refractivity contribution in [1.29, 1.82) is 0 Å². The first-order valence-electron chi connectivity index (χ1n) is 4.67.